The molecule has 0 saturated carbocycles. The van der Waals surface area contributed by atoms with E-state index in [0.717, 1.165) is 12.0 Å². The second-order valence-corrected chi connectivity index (χ2v) is 4.89. The first-order valence-corrected chi connectivity index (χ1v) is 6.26. The van der Waals surface area contributed by atoms with Gasteiger partial charge in [0.25, 0.3) is 0 Å². The Labute approximate surface area is 105 Å². The molecule has 0 N–H and O–H groups in total. The molecule has 1 aromatic carbocycles. The number of aryl methyl sites for hydroxylation is 2. The molecule has 1 aromatic rings. The lowest BCUT2D eigenvalue weighted by molar-refractivity contribution is 0.0923. The minimum atomic E-state index is 0.205. The second-order valence-electron chi connectivity index (χ2n) is 4.89. The Balaban J connectivity index is 2.73. The normalized spacial score (nSPS) is 12.8. The summed E-state index contributed by atoms with van der Waals surface area (Å²) in [5.41, 5.74) is 3.24. The molecule has 1 unspecified atom stereocenters. The third-order valence-corrected chi connectivity index (χ3v) is 3.57. The van der Waals surface area contributed by atoms with Crippen LogP contribution in [0.5, 0.6) is 0 Å². The topological polar surface area (TPSA) is 20.3 Å². The summed E-state index contributed by atoms with van der Waals surface area (Å²) in [5.74, 6) is 0.205. The predicted octanol–water partition coefficient (Wildman–Crippen LogP) is 3.22. The molecule has 0 aliphatic carbocycles. The van der Waals surface area contributed by atoms with Crippen molar-refractivity contribution in [3.8, 4) is 0 Å². The maximum Gasteiger partial charge on any atom is 0.176 e. The van der Waals surface area contributed by atoms with E-state index >= 15 is 0 Å². The van der Waals surface area contributed by atoms with Gasteiger partial charge in [-0.3, -0.25) is 9.69 Å². The van der Waals surface area contributed by atoms with Gasteiger partial charge in [0.1, 0.15) is 0 Å². The number of carbonyl (C=O) groups excluding carboxylic acids is 1. The van der Waals surface area contributed by atoms with Gasteiger partial charge in [-0.15, -0.1) is 0 Å². The monoisotopic (exact) mass is 233 g/mol. The van der Waals surface area contributed by atoms with E-state index in [4.69, 9.17) is 0 Å². The van der Waals surface area contributed by atoms with Crippen molar-refractivity contribution < 1.29 is 4.79 Å². The van der Waals surface area contributed by atoms with Crippen molar-refractivity contribution in [2.24, 2.45) is 0 Å². The molecule has 0 aliphatic heterocycles. The zero-order valence-corrected chi connectivity index (χ0v) is 11.6. The van der Waals surface area contributed by atoms with E-state index in [9.17, 15) is 4.79 Å². The molecule has 2 heteroatoms. The first-order valence-electron chi connectivity index (χ1n) is 6.26. The Kier molecular flexibility index (Phi) is 4.88. The first-order chi connectivity index (χ1) is 7.95. The average Bonchev–Trinajstić information content (AvgIpc) is 2.31. The highest BCUT2D eigenvalue weighted by molar-refractivity contribution is 5.97. The predicted molar refractivity (Wildman–Crippen MR) is 72.6 cm³/mol. The maximum absolute atomic E-state index is 12.1. The molecule has 0 amide bonds. The van der Waals surface area contributed by atoms with Crippen molar-refractivity contribution in [2.45, 2.75) is 40.2 Å². The molecule has 0 fully saturated rings. The molecule has 2 nitrogen and oxygen atoms in total. The van der Waals surface area contributed by atoms with Crippen molar-refractivity contribution >= 4 is 5.78 Å². The number of benzene rings is 1. The largest absolute Gasteiger partial charge is 0.296 e. The fourth-order valence-electron chi connectivity index (χ4n) is 1.70. The van der Waals surface area contributed by atoms with E-state index in [1.165, 1.54) is 11.1 Å². The van der Waals surface area contributed by atoms with Crippen molar-refractivity contribution in [1.29, 1.82) is 0 Å². The summed E-state index contributed by atoms with van der Waals surface area (Å²) in [4.78, 5) is 14.2. The van der Waals surface area contributed by atoms with Crippen LogP contribution in [0.25, 0.3) is 0 Å². The van der Waals surface area contributed by atoms with Crippen LogP contribution < -0.4 is 0 Å². The molecule has 0 spiro atoms. The van der Waals surface area contributed by atoms with Crippen LogP contribution in [-0.4, -0.2) is 30.3 Å². The van der Waals surface area contributed by atoms with Crippen molar-refractivity contribution in [3.05, 3.63) is 34.9 Å². The SMILES string of the molecule is CCC(C)N(C)CC(=O)c1ccc(C)c(C)c1. The van der Waals surface area contributed by atoms with Crippen LogP contribution in [0.4, 0.5) is 0 Å². The maximum atomic E-state index is 12.1. The zero-order valence-electron chi connectivity index (χ0n) is 11.6. The number of likely N-dealkylation sites (N-methyl/N-ethyl adjacent to an activating group) is 1. The van der Waals surface area contributed by atoms with Gasteiger partial charge in [0, 0.05) is 11.6 Å². The van der Waals surface area contributed by atoms with Gasteiger partial charge in [-0.25, -0.2) is 0 Å². The molecule has 0 heterocycles. The molecule has 0 aromatic heterocycles. The summed E-state index contributed by atoms with van der Waals surface area (Å²) < 4.78 is 0. The fourth-order valence-corrected chi connectivity index (χ4v) is 1.70. The lowest BCUT2D eigenvalue weighted by Gasteiger charge is -2.22. The van der Waals surface area contributed by atoms with E-state index in [-0.39, 0.29) is 5.78 Å². The van der Waals surface area contributed by atoms with Crippen LogP contribution in [0, 0.1) is 13.8 Å². The van der Waals surface area contributed by atoms with Gasteiger partial charge < -0.3 is 0 Å². The summed E-state index contributed by atoms with van der Waals surface area (Å²) in [7, 11) is 2.01. The number of hydrogen-bond donors (Lipinski definition) is 0. The molecule has 1 rings (SSSR count). The lowest BCUT2D eigenvalue weighted by atomic mass is 10.0. The molecular weight excluding hydrogens is 210 g/mol. The summed E-state index contributed by atoms with van der Waals surface area (Å²) >= 11 is 0. The Hall–Kier alpha value is -1.15. The van der Waals surface area contributed by atoms with Gasteiger partial charge in [0.2, 0.25) is 0 Å². The summed E-state index contributed by atoms with van der Waals surface area (Å²) in [6.07, 6.45) is 1.07. The van der Waals surface area contributed by atoms with Crippen LogP contribution in [0.15, 0.2) is 18.2 Å². The summed E-state index contributed by atoms with van der Waals surface area (Å²) in [5, 5.41) is 0. The van der Waals surface area contributed by atoms with Crippen LogP contribution in [0.2, 0.25) is 0 Å². The van der Waals surface area contributed by atoms with E-state index < -0.39 is 0 Å². The molecule has 0 aliphatic rings. The quantitative estimate of drug-likeness (QED) is 0.728. The molecule has 94 valence electrons. The van der Waals surface area contributed by atoms with Crippen molar-refractivity contribution in [1.82, 2.24) is 4.90 Å². The Morgan fingerprint density at radius 1 is 1.29 bits per heavy atom. The van der Waals surface area contributed by atoms with Crippen molar-refractivity contribution in [2.75, 3.05) is 13.6 Å². The first kappa shape index (κ1) is 13.9. The minimum absolute atomic E-state index is 0.205. The average molecular weight is 233 g/mol. The van der Waals surface area contributed by atoms with Gasteiger partial charge in [-0.2, -0.15) is 0 Å². The number of hydrogen-bond acceptors (Lipinski definition) is 2. The number of ketones is 1. The van der Waals surface area contributed by atoms with Crippen LogP contribution in [0.3, 0.4) is 0 Å². The highest BCUT2D eigenvalue weighted by atomic mass is 16.1. The number of carbonyl (C=O) groups is 1. The second kappa shape index (κ2) is 5.97. The lowest BCUT2D eigenvalue weighted by Crippen LogP contribution is -2.33. The third-order valence-electron chi connectivity index (χ3n) is 3.57. The highest BCUT2D eigenvalue weighted by Gasteiger charge is 2.13. The van der Waals surface area contributed by atoms with Crippen molar-refractivity contribution in [3.63, 3.8) is 0 Å². The Morgan fingerprint density at radius 2 is 1.94 bits per heavy atom. The number of Topliss-reactive ketones (excluding diaryl/α,β-unsaturated/α-hetero) is 1. The van der Waals surface area contributed by atoms with E-state index in [2.05, 4.69) is 25.7 Å². The van der Waals surface area contributed by atoms with Gasteiger partial charge in [-0.1, -0.05) is 19.1 Å². The van der Waals surface area contributed by atoms with Gasteiger partial charge in [0.05, 0.1) is 6.54 Å². The standard InChI is InChI=1S/C15H23NO/c1-6-13(4)16(5)10-15(17)14-8-7-11(2)12(3)9-14/h7-9,13H,6,10H2,1-5H3. The summed E-state index contributed by atoms with van der Waals surface area (Å²) in [6, 6.07) is 6.38. The third kappa shape index (κ3) is 3.67. The molecule has 0 saturated heterocycles. The Morgan fingerprint density at radius 3 is 2.47 bits per heavy atom. The molecule has 17 heavy (non-hydrogen) atoms. The zero-order chi connectivity index (χ0) is 13.0. The molecule has 1 atom stereocenters. The summed E-state index contributed by atoms with van der Waals surface area (Å²) in [6.45, 7) is 8.90. The van der Waals surface area contributed by atoms with E-state index in [0.29, 0.717) is 12.6 Å². The number of rotatable bonds is 5. The molecule has 0 radical (unpaired) electrons. The van der Waals surface area contributed by atoms with Gasteiger partial charge in [0.15, 0.2) is 5.78 Å². The fraction of sp³-hybridized carbons (Fsp3) is 0.533. The molecule has 0 bridgehead atoms. The van der Waals surface area contributed by atoms with Crippen LogP contribution in [0.1, 0.15) is 41.8 Å². The Bertz CT molecular complexity index is 398. The van der Waals surface area contributed by atoms with E-state index in [1.54, 1.807) is 0 Å². The molecular formula is C15H23NO. The van der Waals surface area contributed by atoms with Crippen LogP contribution in [-0.2, 0) is 0 Å². The van der Waals surface area contributed by atoms with Crippen LogP contribution >= 0.6 is 0 Å². The smallest absolute Gasteiger partial charge is 0.176 e. The van der Waals surface area contributed by atoms with Gasteiger partial charge in [-0.05, 0) is 51.4 Å². The van der Waals surface area contributed by atoms with Gasteiger partial charge >= 0.3 is 0 Å². The number of nitrogens with zero attached hydrogens (tertiary/aromatic N) is 1. The minimum Gasteiger partial charge on any atom is -0.296 e. The highest BCUT2D eigenvalue weighted by Crippen LogP contribution is 2.11. The van der Waals surface area contributed by atoms with E-state index in [1.807, 2.05) is 32.2 Å².